The summed E-state index contributed by atoms with van der Waals surface area (Å²) in [5.41, 5.74) is 0.980. The van der Waals surface area contributed by atoms with Gasteiger partial charge in [-0.25, -0.2) is 8.78 Å². The quantitative estimate of drug-likeness (QED) is 0.817. The van der Waals surface area contributed by atoms with E-state index >= 15 is 0 Å². The summed E-state index contributed by atoms with van der Waals surface area (Å²) in [7, 11) is 2.88. The van der Waals surface area contributed by atoms with Gasteiger partial charge in [0.25, 0.3) is 0 Å². The second kappa shape index (κ2) is 8.39. The van der Waals surface area contributed by atoms with Crippen molar-refractivity contribution in [1.82, 2.24) is 4.90 Å². The van der Waals surface area contributed by atoms with Gasteiger partial charge in [0, 0.05) is 13.1 Å². The molecule has 1 unspecified atom stereocenters. The van der Waals surface area contributed by atoms with Crippen molar-refractivity contribution in [2.24, 2.45) is 0 Å². The van der Waals surface area contributed by atoms with Gasteiger partial charge >= 0.3 is 0 Å². The van der Waals surface area contributed by atoms with Gasteiger partial charge in [0.05, 0.1) is 19.8 Å². The molecule has 0 aliphatic rings. The van der Waals surface area contributed by atoms with Crippen LogP contribution in [0.2, 0.25) is 0 Å². The maximum Gasteiger partial charge on any atom is 0.246 e. The molecule has 0 saturated heterocycles. The second-order valence-corrected chi connectivity index (χ2v) is 5.43. The molecule has 0 aromatic heterocycles. The third-order valence-corrected chi connectivity index (χ3v) is 3.82. The minimum atomic E-state index is -0.680. The zero-order chi connectivity index (χ0) is 18.4. The molecule has 0 aliphatic carbocycles. The smallest absolute Gasteiger partial charge is 0.246 e. The van der Waals surface area contributed by atoms with Crippen LogP contribution in [0.25, 0.3) is 6.08 Å². The van der Waals surface area contributed by atoms with Gasteiger partial charge in [-0.05, 0) is 41.5 Å². The number of hydrogen-bond donors (Lipinski definition) is 1. The summed E-state index contributed by atoms with van der Waals surface area (Å²) in [4.78, 5) is 13.6. The van der Waals surface area contributed by atoms with Crippen LogP contribution in [-0.2, 0) is 4.79 Å². The first-order valence-corrected chi connectivity index (χ1v) is 7.61. The van der Waals surface area contributed by atoms with E-state index in [0.29, 0.717) is 11.1 Å². The number of nitrogens with zero attached hydrogens (tertiary/aromatic N) is 1. The number of amides is 1. The van der Waals surface area contributed by atoms with Gasteiger partial charge in [0.15, 0.2) is 11.6 Å². The highest BCUT2D eigenvalue weighted by Gasteiger charge is 2.19. The van der Waals surface area contributed by atoms with Crippen molar-refractivity contribution in [3.05, 3.63) is 71.3 Å². The Morgan fingerprint density at radius 1 is 1.28 bits per heavy atom. The summed E-state index contributed by atoms with van der Waals surface area (Å²) in [6.07, 6.45) is 2.73. The van der Waals surface area contributed by atoms with E-state index in [1.54, 1.807) is 12.1 Å². The fraction of sp³-hybridized carbons (Fsp3) is 0.211. The molecule has 0 saturated carbocycles. The van der Waals surface area contributed by atoms with Crippen LogP contribution >= 0.6 is 0 Å². The number of likely N-dealkylation sites (N-methyl/N-ethyl adjacent to an activating group) is 1. The van der Waals surface area contributed by atoms with E-state index in [-0.39, 0.29) is 12.4 Å². The van der Waals surface area contributed by atoms with Gasteiger partial charge in [-0.2, -0.15) is 0 Å². The monoisotopic (exact) mass is 347 g/mol. The van der Waals surface area contributed by atoms with Crippen molar-refractivity contribution in [1.29, 1.82) is 0 Å². The molecule has 6 heteroatoms. The lowest BCUT2D eigenvalue weighted by molar-refractivity contribution is -0.127. The lowest BCUT2D eigenvalue weighted by atomic mass is 10.1. The van der Waals surface area contributed by atoms with E-state index in [4.69, 9.17) is 4.74 Å². The Bertz CT molecular complexity index is 777. The molecule has 0 spiro atoms. The van der Waals surface area contributed by atoms with E-state index in [9.17, 15) is 18.7 Å². The lowest BCUT2D eigenvalue weighted by Gasteiger charge is -2.26. The van der Waals surface area contributed by atoms with E-state index < -0.39 is 23.6 Å². The van der Waals surface area contributed by atoms with Crippen LogP contribution in [-0.4, -0.2) is 36.7 Å². The van der Waals surface area contributed by atoms with Crippen molar-refractivity contribution in [2.45, 2.75) is 6.04 Å². The molecule has 132 valence electrons. The summed E-state index contributed by atoms with van der Waals surface area (Å²) in [5.74, 6) is -1.26. The van der Waals surface area contributed by atoms with Crippen molar-refractivity contribution >= 4 is 12.0 Å². The largest absolute Gasteiger partial charge is 0.494 e. The predicted octanol–water partition coefficient (Wildman–Crippen LogP) is 3.18. The first-order valence-electron chi connectivity index (χ1n) is 7.61. The van der Waals surface area contributed by atoms with Gasteiger partial charge in [-0.1, -0.05) is 18.2 Å². The highest BCUT2D eigenvalue weighted by molar-refractivity contribution is 5.91. The van der Waals surface area contributed by atoms with Crippen LogP contribution in [0.4, 0.5) is 8.78 Å². The number of carbonyl (C=O) groups excluding carboxylic acids is 1. The van der Waals surface area contributed by atoms with E-state index in [1.807, 2.05) is 0 Å². The molecular formula is C19H19F2NO3. The van der Waals surface area contributed by atoms with Crippen LogP contribution in [0, 0.1) is 11.6 Å². The molecule has 0 radical (unpaired) electrons. The van der Waals surface area contributed by atoms with Crippen LogP contribution in [0.15, 0.2) is 48.5 Å². The zero-order valence-corrected chi connectivity index (χ0v) is 13.9. The van der Waals surface area contributed by atoms with Gasteiger partial charge in [-0.3, -0.25) is 4.79 Å². The number of methoxy groups -OCH3 is 1. The minimum Gasteiger partial charge on any atom is -0.494 e. The molecule has 0 aliphatic heterocycles. The maximum atomic E-state index is 13.7. The van der Waals surface area contributed by atoms with E-state index in [0.717, 1.165) is 0 Å². The van der Waals surface area contributed by atoms with Crippen molar-refractivity contribution in [3.8, 4) is 5.75 Å². The van der Waals surface area contributed by atoms with Gasteiger partial charge in [-0.15, -0.1) is 0 Å². The Hall–Kier alpha value is -2.73. The van der Waals surface area contributed by atoms with Crippen LogP contribution in [0.5, 0.6) is 5.75 Å². The molecule has 0 bridgehead atoms. The van der Waals surface area contributed by atoms with Crippen LogP contribution in [0.1, 0.15) is 17.2 Å². The SMILES string of the molecule is COc1ccc(/C=C/C(=O)N(C)C(CO)c2cccc(F)c2)cc1F. The van der Waals surface area contributed by atoms with Gasteiger partial charge in [0.2, 0.25) is 5.91 Å². The van der Waals surface area contributed by atoms with E-state index in [1.165, 1.54) is 61.5 Å². The number of ether oxygens (including phenoxy) is 1. The molecular weight excluding hydrogens is 328 g/mol. The molecule has 1 N–H and O–H groups in total. The number of benzene rings is 2. The number of hydrogen-bond acceptors (Lipinski definition) is 3. The fourth-order valence-corrected chi connectivity index (χ4v) is 2.39. The molecule has 2 aromatic carbocycles. The zero-order valence-electron chi connectivity index (χ0n) is 13.9. The first-order chi connectivity index (χ1) is 12.0. The summed E-state index contributed by atoms with van der Waals surface area (Å²) < 4.78 is 31.8. The number of rotatable bonds is 6. The van der Waals surface area contributed by atoms with Crippen molar-refractivity contribution < 1.29 is 23.4 Å². The fourth-order valence-electron chi connectivity index (χ4n) is 2.39. The third kappa shape index (κ3) is 4.64. The molecule has 1 atom stereocenters. The number of aliphatic hydroxyl groups is 1. The predicted molar refractivity (Wildman–Crippen MR) is 91.0 cm³/mol. The summed E-state index contributed by atoms with van der Waals surface area (Å²) >= 11 is 0. The van der Waals surface area contributed by atoms with Crippen molar-refractivity contribution in [3.63, 3.8) is 0 Å². The van der Waals surface area contributed by atoms with Crippen molar-refractivity contribution in [2.75, 3.05) is 20.8 Å². The second-order valence-electron chi connectivity index (χ2n) is 5.43. The standard InChI is InChI=1S/C19H19F2NO3/c1-22(17(12-23)14-4-3-5-15(20)11-14)19(24)9-7-13-6-8-18(25-2)16(21)10-13/h3-11,17,23H,12H2,1-2H3/b9-7+. The molecule has 2 aromatic rings. The third-order valence-electron chi connectivity index (χ3n) is 3.82. The molecule has 2 rings (SSSR count). The number of carbonyl (C=O) groups is 1. The maximum absolute atomic E-state index is 13.7. The summed E-state index contributed by atoms with van der Waals surface area (Å²) in [6.45, 7) is -0.350. The summed E-state index contributed by atoms with van der Waals surface area (Å²) in [6, 6.07) is 9.36. The Labute approximate surface area is 145 Å². The Balaban J connectivity index is 2.14. The normalized spacial score (nSPS) is 12.2. The molecule has 4 nitrogen and oxygen atoms in total. The van der Waals surface area contributed by atoms with Crippen LogP contribution in [0.3, 0.4) is 0 Å². The average Bonchev–Trinajstić information content (AvgIpc) is 2.60. The number of halogens is 2. The van der Waals surface area contributed by atoms with Crippen LogP contribution < -0.4 is 4.74 Å². The van der Waals surface area contributed by atoms with E-state index in [2.05, 4.69) is 0 Å². The minimum absolute atomic E-state index is 0.118. The average molecular weight is 347 g/mol. The molecule has 0 heterocycles. The van der Waals surface area contributed by atoms with Gasteiger partial charge < -0.3 is 14.7 Å². The number of aliphatic hydroxyl groups excluding tert-OH is 1. The molecule has 1 amide bonds. The Kier molecular flexibility index (Phi) is 6.25. The highest BCUT2D eigenvalue weighted by Crippen LogP contribution is 2.21. The Morgan fingerprint density at radius 3 is 2.64 bits per heavy atom. The molecule has 0 fully saturated rings. The summed E-state index contributed by atoms with van der Waals surface area (Å²) in [5, 5.41) is 9.57. The first kappa shape index (κ1) is 18.6. The topological polar surface area (TPSA) is 49.8 Å². The highest BCUT2D eigenvalue weighted by atomic mass is 19.1. The lowest BCUT2D eigenvalue weighted by Crippen LogP contribution is -2.32. The van der Waals surface area contributed by atoms with Gasteiger partial charge in [0.1, 0.15) is 5.82 Å². The Morgan fingerprint density at radius 2 is 2.04 bits per heavy atom. The molecule has 25 heavy (non-hydrogen) atoms.